The number of benzene rings is 1. The fourth-order valence-electron chi connectivity index (χ4n) is 4.37. The van der Waals surface area contributed by atoms with Crippen LogP contribution < -0.4 is 5.32 Å². The van der Waals surface area contributed by atoms with Gasteiger partial charge in [0.15, 0.2) is 0 Å². The van der Waals surface area contributed by atoms with Gasteiger partial charge in [0.1, 0.15) is 11.1 Å². The number of amides is 1. The topological polar surface area (TPSA) is 90.3 Å². The van der Waals surface area contributed by atoms with Gasteiger partial charge in [0.05, 0.1) is 10.5 Å². The number of carbonyl (C=O) groups is 1. The molecule has 0 saturated carbocycles. The molecule has 1 aromatic heterocycles. The van der Waals surface area contributed by atoms with E-state index in [1.165, 1.54) is 20.5 Å². The SMILES string of the molecule is Cc1ccc(S(=O)(=O)N2CCC(C(=O)Nc3sc4c(c3C#N)CCCC4)CC2)cc1C. The lowest BCUT2D eigenvalue weighted by atomic mass is 9.95. The summed E-state index contributed by atoms with van der Waals surface area (Å²) in [4.78, 5) is 14.4. The number of nitriles is 1. The second kappa shape index (κ2) is 8.73. The van der Waals surface area contributed by atoms with E-state index in [2.05, 4.69) is 11.4 Å². The van der Waals surface area contributed by atoms with Crippen LogP contribution in [0.15, 0.2) is 23.1 Å². The maximum absolute atomic E-state index is 13.0. The largest absolute Gasteiger partial charge is 0.316 e. The molecule has 1 aromatic carbocycles. The second-order valence-corrected chi connectivity index (χ2v) is 11.5. The van der Waals surface area contributed by atoms with Crippen molar-refractivity contribution in [3.8, 4) is 6.07 Å². The zero-order valence-corrected chi connectivity index (χ0v) is 19.5. The molecule has 2 aliphatic rings. The fraction of sp³-hybridized carbons (Fsp3) is 0.478. The Morgan fingerprint density at radius 3 is 2.55 bits per heavy atom. The van der Waals surface area contributed by atoms with Crippen LogP contribution in [0.25, 0.3) is 0 Å². The Labute approximate surface area is 187 Å². The Bertz CT molecular complexity index is 1150. The number of carbonyl (C=O) groups excluding carboxylic acids is 1. The summed E-state index contributed by atoms with van der Waals surface area (Å²) in [6.45, 7) is 4.50. The monoisotopic (exact) mass is 457 g/mol. The summed E-state index contributed by atoms with van der Waals surface area (Å²) in [5, 5.41) is 13.2. The zero-order chi connectivity index (χ0) is 22.2. The molecular weight excluding hydrogens is 430 g/mol. The Balaban J connectivity index is 1.42. The lowest BCUT2D eigenvalue weighted by molar-refractivity contribution is -0.120. The number of sulfonamides is 1. The number of aryl methyl sites for hydroxylation is 3. The van der Waals surface area contributed by atoms with Crippen LogP contribution in [-0.2, 0) is 27.7 Å². The highest BCUT2D eigenvalue weighted by Gasteiger charge is 2.33. The molecule has 1 amide bonds. The quantitative estimate of drug-likeness (QED) is 0.747. The number of thiophene rings is 1. The molecule has 0 unspecified atom stereocenters. The van der Waals surface area contributed by atoms with Crippen LogP contribution >= 0.6 is 11.3 Å². The number of hydrogen-bond donors (Lipinski definition) is 1. The molecule has 4 rings (SSSR count). The minimum atomic E-state index is -3.56. The first-order valence-electron chi connectivity index (χ1n) is 10.7. The maximum atomic E-state index is 13.0. The van der Waals surface area contributed by atoms with Crippen molar-refractivity contribution in [2.24, 2.45) is 5.92 Å². The molecule has 1 aliphatic heterocycles. The average Bonchev–Trinajstić information content (AvgIpc) is 3.12. The van der Waals surface area contributed by atoms with Crippen molar-refractivity contribution < 1.29 is 13.2 Å². The van der Waals surface area contributed by atoms with Crippen LogP contribution in [0.4, 0.5) is 5.00 Å². The summed E-state index contributed by atoms with van der Waals surface area (Å²) in [5.74, 6) is -0.366. The highest BCUT2D eigenvalue weighted by atomic mass is 32.2. The first-order valence-corrected chi connectivity index (χ1v) is 13.0. The first-order chi connectivity index (χ1) is 14.8. The van der Waals surface area contributed by atoms with Crippen LogP contribution in [-0.4, -0.2) is 31.7 Å². The van der Waals surface area contributed by atoms with Gasteiger partial charge in [-0.3, -0.25) is 4.79 Å². The third-order valence-electron chi connectivity index (χ3n) is 6.46. The van der Waals surface area contributed by atoms with E-state index in [1.807, 2.05) is 19.9 Å². The number of piperidine rings is 1. The lowest BCUT2D eigenvalue weighted by Gasteiger charge is -2.30. The van der Waals surface area contributed by atoms with Crippen molar-refractivity contribution in [3.05, 3.63) is 45.3 Å². The van der Waals surface area contributed by atoms with Crippen molar-refractivity contribution in [3.63, 3.8) is 0 Å². The molecule has 1 fully saturated rings. The predicted octanol–water partition coefficient (Wildman–Crippen LogP) is 4.15. The fourth-order valence-corrected chi connectivity index (χ4v) is 7.17. The third-order valence-corrected chi connectivity index (χ3v) is 9.56. The Kier molecular flexibility index (Phi) is 6.20. The minimum absolute atomic E-state index is 0.113. The number of anilines is 1. The number of rotatable bonds is 4. The number of nitrogens with one attached hydrogen (secondary N) is 1. The molecule has 8 heteroatoms. The van der Waals surface area contributed by atoms with E-state index in [4.69, 9.17) is 0 Å². The summed E-state index contributed by atoms with van der Waals surface area (Å²) >= 11 is 1.52. The van der Waals surface area contributed by atoms with Gasteiger partial charge in [-0.2, -0.15) is 9.57 Å². The number of fused-ring (bicyclic) bond motifs is 1. The van der Waals surface area contributed by atoms with E-state index in [-0.39, 0.29) is 11.8 Å². The summed E-state index contributed by atoms with van der Waals surface area (Å²) in [7, 11) is -3.56. The highest BCUT2D eigenvalue weighted by molar-refractivity contribution is 7.89. The third kappa shape index (κ3) is 4.27. The molecule has 2 heterocycles. The van der Waals surface area contributed by atoms with Crippen LogP contribution in [0.1, 0.15) is 52.8 Å². The smallest absolute Gasteiger partial charge is 0.243 e. The standard InChI is InChI=1S/C23H27N3O3S2/c1-15-7-8-18(13-16(15)2)31(28,29)26-11-9-17(10-12-26)22(27)25-23-20(14-24)19-5-3-4-6-21(19)30-23/h7-8,13,17H,3-6,9-12H2,1-2H3,(H,25,27). The van der Waals surface area contributed by atoms with Gasteiger partial charge in [-0.05, 0) is 81.2 Å². The van der Waals surface area contributed by atoms with Crippen LogP contribution in [0.3, 0.4) is 0 Å². The van der Waals surface area contributed by atoms with Gasteiger partial charge in [-0.15, -0.1) is 11.3 Å². The molecule has 6 nitrogen and oxygen atoms in total. The van der Waals surface area contributed by atoms with E-state index >= 15 is 0 Å². The Hall–Kier alpha value is -2.21. The van der Waals surface area contributed by atoms with Gasteiger partial charge in [0.2, 0.25) is 15.9 Å². The summed E-state index contributed by atoms with van der Waals surface area (Å²) < 4.78 is 27.5. The average molecular weight is 458 g/mol. The molecule has 2 aromatic rings. The van der Waals surface area contributed by atoms with Crippen molar-refractivity contribution in [2.75, 3.05) is 18.4 Å². The maximum Gasteiger partial charge on any atom is 0.243 e. The van der Waals surface area contributed by atoms with E-state index in [1.54, 1.807) is 12.1 Å². The van der Waals surface area contributed by atoms with Crippen LogP contribution in [0.2, 0.25) is 0 Å². The molecule has 1 N–H and O–H groups in total. The van der Waals surface area contributed by atoms with Gasteiger partial charge >= 0.3 is 0 Å². The van der Waals surface area contributed by atoms with E-state index in [0.717, 1.165) is 42.4 Å². The first kappa shape index (κ1) is 22.0. The van der Waals surface area contributed by atoms with Crippen LogP contribution in [0, 0.1) is 31.1 Å². The van der Waals surface area contributed by atoms with Crippen molar-refractivity contribution in [1.82, 2.24) is 4.31 Å². The normalized spacial score (nSPS) is 17.7. The van der Waals surface area contributed by atoms with Crippen molar-refractivity contribution >= 4 is 32.3 Å². The molecule has 0 atom stereocenters. The van der Waals surface area contributed by atoms with E-state index in [9.17, 15) is 18.5 Å². The highest BCUT2D eigenvalue weighted by Crippen LogP contribution is 2.38. The van der Waals surface area contributed by atoms with Gasteiger partial charge in [-0.1, -0.05) is 6.07 Å². The Morgan fingerprint density at radius 1 is 1.16 bits per heavy atom. The van der Waals surface area contributed by atoms with Crippen molar-refractivity contribution in [2.45, 2.75) is 57.3 Å². The van der Waals surface area contributed by atoms with Gasteiger partial charge in [0, 0.05) is 23.9 Å². The number of hydrogen-bond acceptors (Lipinski definition) is 5. The lowest BCUT2D eigenvalue weighted by Crippen LogP contribution is -2.41. The summed E-state index contributed by atoms with van der Waals surface area (Å²) in [6.07, 6.45) is 5.03. The zero-order valence-electron chi connectivity index (χ0n) is 17.9. The Morgan fingerprint density at radius 2 is 1.87 bits per heavy atom. The molecule has 0 radical (unpaired) electrons. The van der Waals surface area contributed by atoms with Gasteiger partial charge in [0.25, 0.3) is 0 Å². The summed E-state index contributed by atoms with van der Waals surface area (Å²) in [5.41, 5.74) is 3.72. The molecule has 31 heavy (non-hydrogen) atoms. The van der Waals surface area contributed by atoms with Crippen LogP contribution in [0.5, 0.6) is 0 Å². The molecule has 0 bridgehead atoms. The van der Waals surface area contributed by atoms with Gasteiger partial charge in [-0.25, -0.2) is 8.42 Å². The number of nitrogens with zero attached hydrogens (tertiary/aromatic N) is 2. The second-order valence-electron chi connectivity index (χ2n) is 8.44. The van der Waals surface area contributed by atoms with Gasteiger partial charge < -0.3 is 5.32 Å². The van der Waals surface area contributed by atoms with E-state index in [0.29, 0.717) is 41.4 Å². The molecular formula is C23H27N3O3S2. The predicted molar refractivity (Wildman–Crippen MR) is 122 cm³/mol. The molecule has 1 saturated heterocycles. The molecule has 1 aliphatic carbocycles. The molecule has 164 valence electrons. The van der Waals surface area contributed by atoms with E-state index < -0.39 is 10.0 Å². The minimum Gasteiger partial charge on any atom is -0.316 e. The molecule has 0 spiro atoms. The van der Waals surface area contributed by atoms with Crippen molar-refractivity contribution in [1.29, 1.82) is 5.26 Å². The summed E-state index contributed by atoms with van der Waals surface area (Å²) in [6, 6.07) is 7.47.